The number of nitrogens with one attached hydrogen (secondary N) is 1. The molecule has 2 fully saturated rings. The number of likely N-dealkylation sites (tertiary alicyclic amines) is 1. The van der Waals surface area contributed by atoms with Gasteiger partial charge in [-0.3, -0.25) is 4.79 Å². The second kappa shape index (κ2) is 9.61. The van der Waals surface area contributed by atoms with E-state index in [0.717, 1.165) is 30.9 Å². The molecule has 0 bridgehead atoms. The number of carbonyl (C=O) groups is 1. The third-order valence-corrected chi connectivity index (χ3v) is 8.04. The lowest BCUT2D eigenvalue weighted by Crippen LogP contribution is -2.34. The summed E-state index contributed by atoms with van der Waals surface area (Å²) < 4.78 is 6.28. The van der Waals surface area contributed by atoms with Crippen molar-refractivity contribution in [1.82, 2.24) is 4.90 Å². The largest absolute Gasteiger partial charge is 0.484 e. The second-order valence-electron chi connectivity index (χ2n) is 7.12. The maximum absolute atomic E-state index is 12.5. The van der Waals surface area contributed by atoms with Crippen LogP contribution in [-0.2, 0) is 4.79 Å². The number of carbonyl (C=O) groups excluding carboxylic acids is 1. The summed E-state index contributed by atoms with van der Waals surface area (Å²) in [6.07, 6.45) is 2.26. The first kappa shape index (κ1) is 19.5. The van der Waals surface area contributed by atoms with Crippen LogP contribution in [0, 0.1) is 0 Å². The number of anilines is 1. The zero-order valence-electron chi connectivity index (χ0n) is 15.9. The van der Waals surface area contributed by atoms with E-state index in [-0.39, 0.29) is 12.5 Å². The summed E-state index contributed by atoms with van der Waals surface area (Å²) in [7, 11) is 0. The van der Waals surface area contributed by atoms with Crippen LogP contribution in [0.25, 0.3) is 0 Å². The smallest absolute Gasteiger partial charge is 0.260 e. The van der Waals surface area contributed by atoms with Crippen molar-refractivity contribution in [3.05, 3.63) is 60.2 Å². The quantitative estimate of drug-likeness (QED) is 0.745. The van der Waals surface area contributed by atoms with E-state index in [1.54, 1.807) is 0 Å². The van der Waals surface area contributed by atoms with Gasteiger partial charge in [0.15, 0.2) is 6.61 Å². The normalized spacial score (nSPS) is 20.1. The van der Waals surface area contributed by atoms with Gasteiger partial charge in [0.1, 0.15) is 5.75 Å². The fourth-order valence-electron chi connectivity index (χ4n) is 3.51. The molecule has 1 atom stereocenters. The van der Waals surface area contributed by atoms with Crippen LogP contribution in [0.2, 0.25) is 0 Å². The van der Waals surface area contributed by atoms with Crippen molar-refractivity contribution in [2.75, 3.05) is 36.5 Å². The lowest BCUT2D eigenvalue weighted by Gasteiger charge is -2.21. The van der Waals surface area contributed by atoms with Gasteiger partial charge in [-0.2, -0.15) is 0 Å². The molecule has 1 N–H and O–H groups in total. The van der Waals surface area contributed by atoms with E-state index in [4.69, 9.17) is 4.74 Å². The Kier molecular flexibility index (Phi) is 6.70. The van der Waals surface area contributed by atoms with Crippen LogP contribution in [0.1, 0.15) is 23.0 Å². The second-order valence-corrected chi connectivity index (χ2v) is 9.84. The molecule has 0 saturated carbocycles. The van der Waals surface area contributed by atoms with Crippen molar-refractivity contribution < 1.29 is 9.53 Å². The SMILES string of the molecule is O=C(COc1ccc(C2SCCCS2)cc1)N1CCC(Nc2ccccc2)C1. The summed E-state index contributed by atoms with van der Waals surface area (Å²) >= 11 is 4.03. The number of thioether (sulfide) groups is 2. The lowest BCUT2D eigenvalue weighted by molar-refractivity contribution is -0.132. The molecule has 2 aliphatic rings. The van der Waals surface area contributed by atoms with Gasteiger partial charge >= 0.3 is 0 Å². The van der Waals surface area contributed by atoms with E-state index in [1.165, 1.54) is 23.5 Å². The van der Waals surface area contributed by atoms with E-state index < -0.39 is 0 Å². The van der Waals surface area contributed by atoms with Gasteiger partial charge in [-0.05, 0) is 54.2 Å². The summed E-state index contributed by atoms with van der Waals surface area (Å²) in [6, 6.07) is 18.7. The third kappa shape index (κ3) is 5.17. The van der Waals surface area contributed by atoms with Gasteiger partial charge in [0.05, 0.1) is 4.58 Å². The fourth-order valence-corrected chi connectivity index (χ4v) is 6.41. The number of hydrogen-bond acceptors (Lipinski definition) is 5. The monoisotopic (exact) mass is 414 g/mol. The molecule has 0 aliphatic carbocycles. The number of ether oxygens (including phenoxy) is 1. The molecular weight excluding hydrogens is 388 g/mol. The summed E-state index contributed by atoms with van der Waals surface area (Å²) in [5, 5.41) is 3.50. The Balaban J connectivity index is 1.23. The predicted octanol–water partition coefficient (Wildman–Crippen LogP) is 4.65. The van der Waals surface area contributed by atoms with E-state index in [2.05, 4.69) is 29.6 Å². The zero-order chi connectivity index (χ0) is 19.2. The summed E-state index contributed by atoms with van der Waals surface area (Å²) in [5.74, 6) is 3.29. The number of amides is 1. The number of rotatable bonds is 6. The van der Waals surface area contributed by atoms with Gasteiger partial charge in [0.2, 0.25) is 0 Å². The Bertz CT molecular complexity index is 764. The van der Waals surface area contributed by atoms with Gasteiger partial charge in [-0.1, -0.05) is 30.3 Å². The van der Waals surface area contributed by atoms with Gasteiger partial charge in [-0.15, -0.1) is 23.5 Å². The third-order valence-electron chi connectivity index (χ3n) is 5.03. The minimum atomic E-state index is 0.0554. The number of benzene rings is 2. The molecule has 0 spiro atoms. The van der Waals surface area contributed by atoms with Crippen molar-refractivity contribution in [3.63, 3.8) is 0 Å². The average Bonchev–Trinajstić information content (AvgIpc) is 3.22. The molecule has 148 valence electrons. The molecule has 1 amide bonds. The standard InChI is InChI=1S/C22H26N2O2S2/c25-21(24-12-11-19(15-24)23-18-5-2-1-3-6-18)16-26-20-9-7-17(8-10-20)22-27-13-4-14-28-22/h1-3,5-10,19,22-23H,4,11-16H2. The van der Waals surface area contributed by atoms with Crippen LogP contribution in [-0.4, -0.2) is 48.1 Å². The molecule has 2 heterocycles. The van der Waals surface area contributed by atoms with Crippen LogP contribution in [0.15, 0.2) is 54.6 Å². The zero-order valence-corrected chi connectivity index (χ0v) is 17.5. The van der Waals surface area contributed by atoms with Crippen molar-refractivity contribution in [2.24, 2.45) is 0 Å². The number of nitrogens with zero attached hydrogens (tertiary/aromatic N) is 1. The highest BCUT2D eigenvalue weighted by Crippen LogP contribution is 2.43. The summed E-state index contributed by atoms with van der Waals surface area (Å²) in [5.41, 5.74) is 2.44. The molecule has 0 radical (unpaired) electrons. The van der Waals surface area contributed by atoms with Crippen LogP contribution in [0.4, 0.5) is 5.69 Å². The molecule has 6 heteroatoms. The molecule has 2 aliphatic heterocycles. The van der Waals surface area contributed by atoms with E-state index in [1.807, 2.05) is 58.8 Å². The highest BCUT2D eigenvalue weighted by atomic mass is 32.2. The van der Waals surface area contributed by atoms with Crippen molar-refractivity contribution in [2.45, 2.75) is 23.5 Å². The van der Waals surface area contributed by atoms with Gasteiger partial charge in [0.25, 0.3) is 5.91 Å². The maximum atomic E-state index is 12.5. The lowest BCUT2D eigenvalue weighted by atomic mass is 10.2. The molecule has 4 nitrogen and oxygen atoms in total. The summed E-state index contributed by atoms with van der Waals surface area (Å²) in [4.78, 5) is 14.4. The van der Waals surface area contributed by atoms with Crippen molar-refractivity contribution in [1.29, 1.82) is 0 Å². The Hall–Kier alpha value is -1.79. The van der Waals surface area contributed by atoms with Crippen molar-refractivity contribution in [3.8, 4) is 5.75 Å². The predicted molar refractivity (Wildman–Crippen MR) is 119 cm³/mol. The Morgan fingerprint density at radius 2 is 1.82 bits per heavy atom. The molecule has 4 rings (SSSR count). The molecular formula is C22H26N2O2S2. The van der Waals surface area contributed by atoms with Crippen molar-refractivity contribution >= 4 is 35.1 Å². The first-order chi connectivity index (χ1) is 13.8. The minimum absolute atomic E-state index is 0.0554. The Morgan fingerprint density at radius 3 is 2.57 bits per heavy atom. The Morgan fingerprint density at radius 1 is 1.07 bits per heavy atom. The van der Waals surface area contributed by atoms with Crippen LogP contribution < -0.4 is 10.1 Å². The number of para-hydroxylation sites is 1. The van der Waals surface area contributed by atoms with E-state index >= 15 is 0 Å². The minimum Gasteiger partial charge on any atom is -0.484 e. The van der Waals surface area contributed by atoms with Gasteiger partial charge in [-0.25, -0.2) is 0 Å². The summed E-state index contributed by atoms with van der Waals surface area (Å²) in [6.45, 7) is 1.61. The van der Waals surface area contributed by atoms with Gasteiger partial charge in [0, 0.05) is 24.8 Å². The fraction of sp³-hybridized carbons (Fsp3) is 0.409. The average molecular weight is 415 g/mol. The topological polar surface area (TPSA) is 41.6 Å². The van der Waals surface area contributed by atoms with Crippen LogP contribution >= 0.6 is 23.5 Å². The van der Waals surface area contributed by atoms with Gasteiger partial charge < -0.3 is 15.0 Å². The van der Waals surface area contributed by atoms with E-state index in [0.29, 0.717) is 10.6 Å². The highest BCUT2D eigenvalue weighted by Gasteiger charge is 2.26. The van der Waals surface area contributed by atoms with Crippen LogP contribution in [0.5, 0.6) is 5.75 Å². The van der Waals surface area contributed by atoms with Crippen LogP contribution in [0.3, 0.4) is 0 Å². The first-order valence-electron chi connectivity index (χ1n) is 9.83. The highest BCUT2D eigenvalue weighted by molar-refractivity contribution is 8.16. The van der Waals surface area contributed by atoms with E-state index in [9.17, 15) is 4.79 Å². The molecule has 1 unspecified atom stereocenters. The molecule has 2 aromatic rings. The Labute approximate surface area is 175 Å². The molecule has 0 aromatic heterocycles. The molecule has 2 saturated heterocycles. The number of hydrogen-bond donors (Lipinski definition) is 1. The first-order valence-corrected chi connectivity index (χ1v) is 11.9. The molecule has 2 aromatic carbocycles. The maximum Gasteiger partial charge on any atom is 0.260 e. The molecule has 28 heavy (non-hydrogen) atoms.